The van der Waals surface area contributed by atoms with Gasteiger partial charge in [0.2, 0.25) is 0 Å². The number of rotatable bonds is 3. The Hall–Kier alpha value is -1.50. The molecule has 0 atom stereocenters. The maximum atomic E-state index is 11.8. The molecule has 0 aliphatic rings. The van der Waals surface area contributed by atoms with Crippen LogP contribution in [0.15, 0.2) is 41.4 Å². The number of nitrogens with zero attached hydrogens (tertiary/aromatic N) is 1. The van der Waals surface area contributed by atoms with Gasteiger partial charge >= 0.3 is 0 Å². The Morgan fingerprint density at radius 1 is 1.25 bits per heavy atom. The van der Waals surface area contributed by atoms with Crippen molar-refractivity contribution in [1.29, 1.82) is 0 Å². The normalized spacial score (nSPS) is 11.8. The predicted octanol–water partition coefficient (Wildman–Crippen LogP) is 1.07. The molecule has 1 aromatic carbocycles. The Bertz CT molecular complexity index is 605. The van der Waals surface area contributed by atoms with Crippen LogP contribution >= 0.6 is 0 Å². The summed E-state index contributed by atoms with van der Waals surface area (Å²) < 4.78 is 23.6. The van der Waals surface area contributed by atoms with Gasteiger partial charge in [-0.1, -0.05) is 11.0 Å². The summed E-state index contributed by atoms with van der Waals surface area (Å²) in [6.45, 7) is 0. The average molecular weight is 238 g/mol. The fourth-order valence-corrected chi connectivity index (χ4v) is 2.49. The van der Waals surface area contributed by atoms with Crippen molar-refractivity contribution < 1.29 is 13.3 Å². The quantitative estimate of drug-likeness (QED) is 0.812. The Morgan fingerprint density at radius 3 is 2.81 bits per heavy atom. The summed E-state index contributed by atoms with van der Waals surface area (Å²) in [6.07, 6.45) is 1.61. The molecule has 0 aliphatic heterocycles. The lowest BCUT2D eigenvalue weighted by atomic mass is 10.2. The summed E-state index contributed by atoms with van der Waals surface area (Å²) in [4.78, 5) is 10.7. The topological polar surface area (TPSA) is 68.3 Å². The van der Waals surface area contributed by atoms with E-state index in [1.807, 2.05) is 4.89 Å². The van der Waals surface area contributed by atoms with Gasteiger partial charge in [-0.2, -0.15) is 0 Å². The SMILES string of the molecule is CONS(=O)(=O)c1cccc2ncccc12. The molecule has 0 bridgehead atoms. The minimum atomic E-state index is -3.65. The van der Waals surface area contributed by atoms with Gasteiger partial charge in [-0.05, 0) is 24.3 Å². The molecule has 0 radical (unpaired) electrons. The highest BCUT2D eigenvalue weighted by molar-refractivity contribution is 7.89. The van der Waals surface area contributed by atoms with Gasteiger partial charge in [-0.3, -0.25) is 9.82 Å². The lowest BCUT2D eigenvalue weighted by molar-refractivity contribution is 0.153. The summed E-state index contributed by atoms with van der Waals surface area (Å²) in [6, 6.07) is 8.28. The number of hydrogen-bond acceptors (Lipinski definition) is 4. The molecule has 16 heavy (non-hydrogen) atoms. The van der Waals surface area contributed by atoms with E-state index in [-0.39, 0.29) is 4.90 Å². The summed E-state index contributed by atoms with van der Waals surface area (Å²) in [5.74, 6) is 0. The first kappa shape index (κ1) is 11.0. The first-order valence-electron chi connectivity index (χ1n) is 4.54. The molecule has 1 aromatic heterocycles. The highest BCUT2D eigenvalue weighted by Crippen LogP contribution is 2.20. The lowest BCUT2D eigenvalue weighted by Crippen LogP contribution is -2.22. The summed E-state index contributed by atoms with van der Waals surface area (Å²) in [5, 5.41) is 0.564. The zero-order chi connectivity index (χ0) is 11.6. The summed E-state index contributed by atoms with van der Waals surface area (Å²) in [5.41, 5.74) is 0.626. The van der Waals surface area contributed by atoms with Gasteiger partial charge in [0.25, 0.3) is 10.0 Å². The van der Waals surface area contributed by atoms with E-state index in [9.17, 15) is 8.42 Å². The van der Waals surface area contributed by atoms with Gasteiger partial charge in [0.05, 0.1) is 17.5 Å². The molecule has 0 saturated heterocycles. The van der Waals surface area contributed by atoms with Crippen molar-refractivity contribution in [2.24, 2.45) is 0 Å². The average Bonchev–Trinajstić information content (AvgIpc) is 2.28. The molecular formula is C10H10N2O3S. The van der Waals surface area contributed by atoms with Crippen LogP contribution in [0.4, 0.5) is 0 Å². The number of pyridine rings is 1. The maximum Gasteiger partial charge on any atom is 0.263 e. The first-order chi connectivity index (χ1) is 7.65. The van der Waals surface area contributed by atoms with Crippen LogP contribution in [0.25, 0.3) is 10.9 Å². The molecule has 5 nitrogen and oxygen atoms in total. The van der Waals surface area contributed by atoms with Crippen LogP contribution in [-0.2, 0) is 14.9 Å². The molecule has 1 N–H and O–H groups in total. The van der Waals surface area contributed by atoms with Gasteiger partial charge in [-0.15, -0.1) is 0 Å². The van der Waals surface area contributed by atoms with E-state index in [0.717, 1.165) is 0 Å². The molecule has 0 spiro atoms. The van der Waals surface area contributed by atoms with E-state index in [0.29, 0.717) is 10.9 Å². The summed E-state index contributed by atoms with van der Waals surface area (Å²) >= 11 is 0. The van der Waals surface area contributed by atoms with E-state index in [2.05, 4.69) is 9.82 Å². The smallest absolute Gasteiger partial charge is 0.263 e. The van der Waals surface area contributed by atoms with Crippen molar-refractivity contribution in [3.8, 4) is 0 Å². The van der Waals surface area contributed by atoms with Crippen LogP contribution < -0.4 is 4.89 Å². The minimum Gasteiger partial charge on any atom is -0.290 e. The number of aromatic nitrogens is 1. The molecule has 0 aliphatic carbocycles. The van der Waals surface area contributed by atoms with Crippen molar-refractivity contribution >= 4 is 20.9 Å². The van der Waals surface area contributed by atoms with E-state index in [1.165, 1.54) is 13.2 Å². The molecule has 1 heterocycles. The number of hydrogen-bond donors (Lipinski definition) is 1. The maximum absolute atomic E-state index is 11.8. The Balaban J connectivity index is 2.70. The number of sulfonamides is 1. The van der Waals surface area contributed by atoms with Gasteiger partial charge in [0, 0.05) is 11.6 Å². The molecule has 0 unspecified atom stereocenters. The van der Waals surface area contributed by atoms with Crippen LogP contribution in [-0.4, -0.2) is 20.5 Å². The summed E-state index contributed by atoms with van der Waals surface area (Å²) in [7, 11) is -2.40. The molecule has 2 rings (SSSR count). The fourth-order valence-electron chi connectivity index (χ4n) is 1.46. The highest BCUT2D eigenvalue weighted by atomic mass is 32.2. The largest absolute Gasteiger partial charge is 0.290 e. The number of fused-ring (bicyclic) bond motifs is 1. The van der Waals surface area contributed by atoms with E-state index < -0.39 is 10.0 Å². The Morgan fingerprint density at radius 2 is 2.06 bits per heavy atom. The first-order valence-corrected chi connectivity index (χ1v) is 6.02. The van der Waals surface area contributed by atoms with E-state index in [4.69, 9.17) is 0 Å². The van der Waals surface area contributed by atoms with Crippen LogP contribution in [0.5, 0.6) is 0 Å². The second-order valence-corrected chi connectivity index (χ2v) is 4.73. The van der Waals surface area contributed by atoms with Crippen molar-refractivity contribution in [3.63, 3.8) is 0 Å². The fraction of sp³-hybridized carbons (Fsp3) is 0.100. The molecule has 2 aromatic rings. The zero-order valence-electron chi connectivity index (χ0n) is 8.54. The Labute approximate surface area is 93.1 Å². The van der Waals surface area contributed by atoms with Crippen LogP contribution in [0, 0.1) is 0 Å². The second kappa shape index (κ2) is 4.17. The zero-order valence-corrected chi connectivity index (χ0v) is 9.36. The third kappa shape index (κ3) is 1.90. The lowest BCUT2D eigenvalue weighted by Gasteiger charge is -2.06. The number of benzene rings is 1. The standard InChI is InChI=1S/C10H10N2O3S/c1-15-12-16(13,14)10-6-2-5-9-8(10)4-3-7-11-9/h2-7,12H,1H3. The van der Waals surface area contributed by atoms with Crippen LogP contribution in [0.2, 0.25) is 0 Å². The molecule has 84 valence electrons. The van der Waals surface area contributed by atoms with Gasteiger partial charge in [-0.25, -0.2) is 8.42 Å². The van der Waals surface area contributed by atoms with Gasteiger partial charge in [0.15, 0.2) is 0 Å². The van der Waals surface area contributed by atoms with Crippen molar-refractivity contribution in [2.75, 3.05) is 7.11 Å². The predicted molar refractivity (Wildman–Crippen MR) is 59.1 cm³/mol. The molecule has 0 fully saturated rings. The highest BCUT2D eigenvalue weighted by Gasteiger charge is 2.16. The molecule has 0 saturated carbocycles. The van der Waals surface area contributed by atoms with Crippen LogP contribution in [0.3, 0.4) is 0 Å². The second-order valence-electron chi connectivity index (χ2n) is 3.12. The van der Waals surface area contributed by atoms with Crippen molar-refractivity contribution in [2.45, 2.75) is 4.90 Å². The molecule has 6 heteroatoms. The molecule has 0 amide bonds. The Kier molecular flexibility index (Phi) is 2.86. The van der Waals surface area contributed by atoms with E-state index >= 15 is 0 Å². The van der Waals surface area contributed by atoms with Crippen LogP contribution in [0.1, 0.15) is 0 Å². The monoisotopic (exact) mass is 238 g/mol. The third-order valence-electron chi connectivity index (χ3n) is 2.09. The molecular weight excluding hydrogens is 228 g/mol. The van der Waals surface area contributed by atoms with E-state index in [1.54, 1.807) is 30.5 Å². The third-order valence-corrected chi connectivity index (χ3v) is 3.41. The van der Waals surface area contributed by atoms with Crippen molar-refractivity contribution in [3.05, 3.63) is 36.5 Å². The van der Waals surface area contributed by atoms with Crippen molar-refractivity contribution in [1.82, 2.24) is 9.87 Å². The van der Waals surface area contributed by atoms with Gasteiger partial charge in [0.1, 0.15) is 0 Å². The van der Waals surface area contributed by atoms with Gasteiger partial charge < -0.3 is 0 Å². The minimum absolute atomic E-state index is 0.153. The number of nitrogens with one attached hydrogen (secondary N) is 1.